The minimum atomic E-state index is -0.168. The maximum absolute atomic E-state index is 12.6. The van der Waals surface area contributed by atoms with Crippen LogP contribution < -0.4 is 10.2 Å². The molecule has 150 valence electrons. The number of nitrogens with one attached hydrogen (secondary N) is 1. The molecule has 0 unspecified atom stereocenters. The summed E-state index contributed by atoms with van der Waals surface area (Å²) in [5, 5.41) is 3.67. The van der Waals surface area contributed by atoms with Crippen LogP contribution in [0.3, 0.4) is 0 Å². The molecule has 0 aromatic heterocycles. The Bertz CT molecular complexity index is 770. The van der Waals surface area contributed by atoms with Crippen molar-refractivity contribution < 1.29 is 4.79 Å². The highest BCUT2D eigenvalue weighted by molar-refractivity contribution is 8.00. The highest BCUT2D eigenvalue weighted by atomic mass is 35.5. The summed E-state index contributed by atoms with van der Waals surface area (Å²) in [6.07, 6.45) is 2.52. The molecule has 1 aliphatic rings. The zero-order valence-corrected chi connectivity index (χ0v) is 18.4. The van der Waals surface area contributed by atoms with Crippen LogP contribution in [-0.2, 0) is 4.79 Å². The van der Waals surface area contributed by atoms with Crippen LogP contribution in [0.15, 0.2) is 53.4 Å². The lowest BCUT2D eigenvalue weighted by Gasteiger charge is -2.32. The molecule has 1 amide bonds. The summed E-state index contributed by atoms with van der Waals surface area (Å²) in [6.45, 7) is 8.56. The Kier molecular flexibility index (Phi) is 7.30. The van der Waals surface area contributed by atoms with Crippen LogP contribution in [0.1, 0.15) is 45.2 Å². The molecule has 1 saturated heterocycles. The molecule has 1 heterocycles. The van der Waals surface area contributed by atoms with E-state index in [2.05, 4.69) is 41.4 Å². The molecule has 5 heteroatoms. The van der Waals surface area contributed by atoms with E-state index in [1.807, 2.05) is 38.1 Å². The van der Waals surface area contributed by atoms with Crippen molar-refractivity contribution in [2.45, 2.75) is 49.8 Å². The zero-order chi connectivity index (χ0) is 20.1. The Morgan fingerprint density at radius 2 is 1.68 bits per heavy atom. The number of nitrogens with zero attached hydrogens (tertiary/aromatic N) is 1. The van der Waals surface area contributed by atoms with E-state index < -0.39 is 0 Å². The number of rotatable bonds is 6. The Morgan fingerprint density at radius 3 is 2.29 bits per heavy atom. The monoisotopic (exact) mass is 416 g/mol. The second kappa shape index (κ2) is 9.71. The molecule has 1 fully saturated rings. The first-order valence-electron chi connectivity index (χ1n) is 10.00. The van der Waals surface area contributed by atoms with Gasteiger partial charge in [-0.1, -0.05) is 30.7 Å². The molecule has 1 aliphatic heterocycles. The third kappa shape index (κ3) is 5.68. The summed E-state index contributed by atoms with van der Waals surface area (Å²) in [5.41, 5.74) is 2.41. The van der Waals surface area contributed by atoms with Gasteiger partial charge in [-0.3, -0.25) is 4.79 Å². The first kappa shape index (κ1) is 21.1. The van der Waals surface area contributed by atoms with Crippen LogP contribution in [0.5, 0.6) is 0 Å². The van der Waals surface area contributed by atoms with E-state index in [9.17, 15) is 4.79 Å². The van der Waals surface area contributed by atoms with E-state index in [1.165, 1.54) is 18.5 Å². The third-order valence-corrected chi connectivity index (χ3v) is 6.76. The first-order chi connectivity index (χ1) is 13.4. The maximum atomic E-state index is 12.6. The Labute approximate surface area is 177 Å². The summed E-state index contributed by atoms with van der Waals surface area (Å²) in [5.74, 6) is 0.875. The second-order valence-electron chi connectivity index (χ2n) is 7.71. The van der Waals surface area contributed by atoms with Crippen molar-refractivity contribution in [3.05, 3.63) is 59.1 Å². The summed E-state index contributed by atoms with van der Waals surface area (Å²) in [7, 11) is 0. The molecule has 3 rings (SSSR count). The van der Waals surface area contributed by atoms with Crippen LogP contribution in [0.4, 0.5) is 5.69 Å². The van der Waals surface area contributed by atoms with Gasteiger partial charge in [0.25, 0.3) is 0 Å². The van der Waals surface area contributed by atoms with Gasteiger partial charge in [-0.2, -0.15) is 0 Å². The van der Waals surface area contributed by atoms with E-state index in [0.717, 1.165) is 29.5 Å². The number of benzene rings is 2. The van der Waals surface area contributed by atoms with Gasteiger partial charge in [0, 0.05) is 28.7 Å². The number of halogens is 1. The molecule has 0 radical (unpaired) electrons. The smallest absolute Gasteiger partial charge is 0.233 e. The number of carbonyl (C=O) groups excluding carboxylic acids is 1. The second-order valence-corrected chi connectivity index (χ2v) is 9.56. The number of anilines is 1. The van der Waals surface area contributed by atoms with Gasteiger partial charge in [0.05, 0.1) is 11.3 Å². The van der Waals surface area contributed by atoms with Gasteiger partial charge in [-0.05, 0) is 74.6 Å². The molecule has 0 saturated carbocycles. The Hall–Kier alpha value is -1.65. The maximum Gasteiger partial charge on any atom is 0.233 e. The Morgan fingerprint density at radius 1 is 1.07 bits per heavy atom. The molecular weight excluding hydrogens is 388 g/mol. The lowest BCUT2D eigenvalue weighted by atomic mass is 9.98. The van der Waals surface area contributed by atoms with Gasteiger partial charge in [-0.15, -0.1) is 11.8 Å². The molecule has 3 nitrogen and oxygen atoms in total. The van der Waals surface area contributed by atoms with E-state index in [0.29, 0.717) is 5.02 Å². The zero-order valence-electron chi connectivity index (χ0n) is 16.8. The largest absolute Gasteiger partial charge is 0.372 e. The van der Waals surface area contributed by atoms with Gasteiger partial charge in [0.1, 0.15) is 0 Å². The molecular formula is C23H29ClN2OS. The summed E-state index contributed by atoms with van der Waals surface area (Å²) >= 11 is 7.46. The van der Waals surface area contributed by atoms with E-state index in [4.69, 9.17) is 11.6 Å². The van der Waals surface area contributed by atoms with Crippen molar-refractivity contribution in [2.75, 3.05) is 18.0 Å². The van der Waals surface area contributed by atoms with Gasteiger partial charge >= 0.3 is 0 Å². The average Bonchev–Trinajstić information content (AvgIpc) is 2.70. The Balaban J connectivity index is 1.53. The number of hydrogen-bond donors (Lipinski definition) is 1. The van der Waals surface area contributed by atoms with Gasteiger partial charge in [0.2, 0.25) is 5.91 Å². The fourth-order valence-electron chi connectivity index (χ4n) is 3.43. The SMILES string of the molecule is CC1CCN(c2ccc([C@@H](C)NC(=O)[C@@H](C)Sc3ccc(Cl)cc3)cc2)CC1. The van der Waals surface area contributed by atoms with E-state index in [1.54, 1.807) is 11.8 Å². The van der Waals surface area contributed by atoms with Gasteiger partial charge < -0.3 is 10.2 Å². The molecule has 2 atom stereocenters. The van der Waals surface area contributed by atoms with Crippen LogP contribution in [0.25, 0.3) is 0 Å². The number of thioether (sulfide) groups is 1. The fourth-order valence-corrected chi connectivity index (χ4v) is 4.43. The number of hydrogen-bond acceptors (Lipinski definition) is 3. The lowest BCUT2D eigenvalue weighted by molar-refractivity contribution is -0.120. The molecule has 28 heavy (non-hydrogen) atoms. The lowest BCUT2D eigenvalue weighted by Crippen LogP contribution is -2.33. The van der Waals surface area contributed by atoms with Crippen molar-refractivity contribution in [2.24, 2.45) is 5.92 Å². The molecule has 2 aromatic carbocycles. The summed E-state index contributed by atoms with van der Waals surface area (Å²) in [4.78, 5) is 16.1. The first-order valence-corrected chi connectivity index (χ1v) is 11.3. The van der Waals surface area contributed by atoms with Gasteiger partial charge in [-0.25, -0.2) is 0 Å². The van der Waals surface area contributed by atoms with Crippen LogP contribution in [-0.4, -0.2) is 24.2 Å². The molecule has 2 aromatic rings. The predicted molar refractivity (Wildman–Crippen MR) is 120 cm³/mol. The highest BCUT2D eigenvalue weighted by Gasteiger charge is 2.19. The standard InChI is InChI=1S/C23H29ClN2OS/c1-16-12-14-26(15-13-16)21-8-4-19(5-9-21)17(2)25-23(27)18(3)28-22-10-6-20(24)7-11-22/h4-11,16-18H,12-15H2,1-3H3,(H,25,27)/t17-,18-/m1/s1. The van der Waals surface area contributed by atoms with Crippen molar-refractivity contribution in [3.8, 4) is 0 Å². The fraction of sp³-hybridized carbons (Fsp3) is 0.435. The molecule has 0 aliphatic carbocycles. The van der Waals surface area contributed by atoms with Crippen molar-refractivity contribution in [1.82, 2.24) is 5.32 Å². The van der Waals surface area contributed by atoms with Crippen molar-refractivity contribution >= 4 is 35.0 Å². The van der Waals surface area contributed by atoms with Gasteiger partial charge in [0.15, 0.2) is 0 Å². The third-order valence-electron chi connectivity index (χ3n) is 5.40. The van der Waals surface area contributed by atoms with Crippen molar-refractivity contribution in [3.63, 3.8) is 0 Å². The minimum absolute atomic E-state index is 0.0174. The number of amides is 1. The van der Waals surface area contributed by atoms with E-state index in [-0.39, 0.29) is 17.2 Å². The summed E-state index contributed by atoms with van der Waals surface area (Å²) in [6, 6.07) is 16.2. The molecule has 0 bridgehead atoms. The molecule has 0 spiro atoms. The van der Waals surface area contributed by atoms with Crippen LogP contribution >= 0.6 is 23.4 Å². The van der Waals surface area contributed by atoms with Crippen LogP contribution in [0, 0.1) is 5.92 Å². The molecule has 1 N–H and O–H groups in total. The topological polar surface area (TPSA) is 32.3 Å². The summed E-state index contributed by atoms with van der Waals surface area (Å²) < 4.78 is 0. The van der Waals surface area contributed by atoms with Crippen LogP contribution in [0.2, 0.25) is 5.02 Å². The minimum Gasteiger partial charge on any atom is -0.372 e. The van der Waals surface area contributed by atoms with E-state index >= 15 is 0 Å². The average molecular weight is 417 g/mol. The number of piperidine rings is 1. The highest BCUT2D eigenvalue weighted by Crippen LogP contribution is 2.27. The quantitative estimate of drug-likeness (QED) is 0.592. The van der Waals surface area contributed by atoms with Crippen molar-refractivity contribution in [1.29, 1.82) is 0 Å². The predicted octanol–water partition coefficient (Wildman–Crippen LogP) is 5.93. The normalized spacial score (nSPS) is 17.2. The number of carbonyl (C=O) groups is 1.